The molecule has 3 nitrogen and oxygen atoms in total. The molecular weight excluding hydrogens is 258 g/mol. The monoisotopic (exact) mass is 275 g/mol. The molecule has 1 saturated heterocycles. The lowest BCUT2D eigenvalue weighted by atomic mass is 10.0. The molecule has 1 unspecified atom stereocenters. The summed E-state index contributed by atoms with van der Waals surface area (Å²) < 4.78 is 0. The largest absolute Gasteiger partial charge is 0.297 e. The van der Waals surface area contributed by atoms with Gasteiger partial charge < -0.3 is 0 Å². The highest BCUT2D eigenvalue weighted by molar-refractivity contribution is 8.14. The number of carbonyl (C=O) groups excluding carboxylic acids is 2. The van der Waals surface area contributed by atoms with Crippen LogP contribution >= 0.6 is 11.8 Å². The van der Waals surface area contributed by atoms with E-state index in [9.17, 15) is 9.59 Å². The number of carbonyl (C=O) groups is 2. The summed E-state index contributed by atoms with van der Waals surface area (Å²) in [4.78, 5) is 25.8. The molecule has 1 fully saturated rings. The maximum absolute atomic E-state index is 12.2. The minimum atomic E-state index is -0.365. The SMILES string of the molecule is C=CC(=O)N(c1c(C)cccc1C)C1CCSC1=O. The molecule has 1 aromatic rings. The average Bonchev–Trinajstić information content (AvgIpc) is 2.79. The van der Waals surface area contributed by atoms with Gasteiger partial charge in [-0.05, 0) is 37.5 Å². The predicted molar refractivity (Wildman–Crippen MR) is 79.5 cm³/mol. The van der Waals surface area contributed by atoms with E-state index in [2.05, 4.69) is 6.58 Å². The van der Waals surface area contributed by atoms with Crippen molar-refractivity contribution in [3.63, 3.8) is 0 Å². The van der Waals surface area contributed by atoms with Crippen LogP contribution in [0.4, 0.5) is 5.69 Å². The Bertz CT molecular complexity index is 519. The summed E-state index contributed by atoms with van der Waals surface area (Å²) in [6.07, 6.45) is 1.99. The normalized spacial score (nSPS) is 18.4. The molecule has 0 radical (unpaired) electrons. The van der Waals surface area contributed by atoms with Crippen molar-refractivity contribution in [2.45, 2.75) is 26.3 Å². The Labute approximate surface area is 117 Å². The number of nitrogens with zero attached hydrogens (tertiary/aromatic N) is 1. The fraction of sp³-hybridized carbons (Fsp3) is 0.333. The molecular formula is C15H17NO2S. The highest BCUT2D eigenvalue weighted by Gasteiger charge is 2.35. The topological polar surface area (TPSA) is 37.4 Å². The van der Waals surface area contributed by atoms with Gasteiger partial charge in [-0.15, -0.1) is 0 Å². The average molecular weight is 275 g/mol. The molecule has 1 aliphatic rings. The number of amides is 1. The summed E-state index contributed by atoms with van der Waals surface area (Å²) in [6, 6.07) is 5.50. The Morgan fingerprint density at radius 2 is 2.05 bits per heavy atom. The fourth-order valence-corrected chi connectivity index (χ4v) is 3.38. The van der Waals surface area contributed by atoms with E-state index in [-0.39, 0.29) is 17.1 Å². The third-order valence-electron chi connectivity index (χ3n) is 3.31. The van der Waals surface area contributed by atoms with Crippen molar-refractivity contribution in [2.24, 2.45) is 0 Å². The molecule has 0 aromatic heterocycles. The van der Waals surface area contributed by atoms with E-state index in [1.165, 1.54) is 17.8 Å². The van der Waals surface area contributed by atoms with Crippen LogP contribution in [0, 0.1) is 13.8 Å². The maximum Gasteiger partial charge on any atom is 0.251 e. The first-order valence-electron chi connectivity index (χ1n) is 6.24. The first kappa shape index (κ1) is 13.9. The van der Waals surface area contributed by atoms with Gasteiger partial charge in [0.15, 0.2) is 0 Å². The highest BCUT2D eigenvalue weighted by atomic mass is 32.2. The Morgan fingerprint density at radius 1 is 1.42 bits per heavy atom. The van der Waals surface area contributed by atoms with Crippen LogP contribution in [-0.2, 0) is 9.59 Å². The van der Waals surface area contributed by atoms with Gasteiger partial charge in [-0.1, -0.05) is 36.5 Å². The van der Waals surface area contributed by atoms with E-state index in [4.69, 9.17) is 0 Å². The zero-order valence-corrected chi connectivity index (χ0v) is 12.0. The molecule has 0 bridgehead atoms. The van der Waals surface area contributed by atoms with Gasteiger partial charge in [-0.2, -0.15) is 0 Å². The van der Waals surface area contributed by atoms with E-state index < -0.39 is 0 Å². The number of benzene rings is 1. The molecule has 100 valence electrons. The van der Waals surface area contributed by atoms with Gasteiger partial charge in [0.05, 0.1) is 5.69 Å². The standard InChI is InChI=1S/C15H17NO2S/c1-4-13(17)16(12-8-9-19-15(12)18)14-10(2)6-5-7-11(14)3/h4-7,12H,1,8-9H2,2-3H3. The molecule has 0 aliphatic carbocycles. The molecule has 0 spiro atoms. The summed E-state index contributed by atoms with van der Waals surface area (Å²) in [5, 5.41) is 0.0675. The molecule has 0 saturated carbocycles. The van der Waals surface area contributed by atoms with Gasteiger partial charge in [-0.25, -0.2) is 0 Å². The molecule has 2 rings (SSSR count). The fourth-order valence-electron chi connectivity index (χ4n) is 2.42. The number of para-hydroxylation sites is 1. The first-order valence-corrected chi connectivity index (χ1v) is 7.23. The number of hydrogen-bond acceptors (Lipinski definition) is 3. The van der Waals surface area contributed by atoms with Crippen LogP contribution in [0.2, 0.25) is 0 Å². The van der Waals surface area contributed by atoms with E-state index in [1.54, 1.807) is 4.90 Å². The van der Waals surface area contributed by atoms with E-state index in [0.717, 1.165) is 22.6 Å². The third-order valence-corrected chi connectivity index (χ3v) is 4.31. The van der Waals surface area contributed by atoms with Crippen molar-refractivity contribution in [1.29, 1.82) is 0 Å². The summed E-state index contributed by atoms with van der Waals surface area (Å²) in [5.74, 6) is 0.563. The van der Waals surface area contributed by atoms with Crippen LogP contribution in [0.25, 0.3) is 0 Å². The second kappa shape index (κ2) is 5.61. The van der Waals surface area contributed by atoms with Crippen LogP contribution in [0.1, 0.15) is 17.5 Å². The molecule has 1 amide bonds. The first-order chi connectivity index (χ1) is 9.06. The Balaban J connectivity index is 2.52. The van der Waals surface area contributed by atoms with Crippen LogP contribution in [0.3, 0.4) is 0 Å². The Kier molecular flexibility index (Phi) is 4.10. The van der Waals surface area contributed by atoms with E-state index in [1.807, 2.05) is 32.0 Å². The minimum absolute atomic E-state index is 0.0675. The summed E-state index contributed by atoms with van der Waals surface area (Å²) in [5.41, 5.74) is 2.84. The van der Waals surface area contributed by atoms with Crippen LogP contribution in [0.5, 0.6) is 0 Å². The van der Waals surface area contributed by atoms with Gasteiger partial charge in [0, 0.05) is 5.75 Å². The van der Waals surface area contributed by atoms with Crippen molar-refractivity contribution < 1.29 is 9.59 Å². The number of hydrogen-bond donors (Lipinski definition) is 0. The van der Waals surface area contributed by atoms with Crippen molar-refractivity contribution >= 4 is 28.5 Å². The van der Waals surface area contributed by atoms with Gasteiger partial charge >= 0.3 is 0 Å². The zero-order chi connectivity index (χ0) is 14.0. The second-order valence-electron chi connectivity index (χ2n) is 4.62. The van der Waals surface area contributed by atoms with Crippen LogP contribution in [0.15, 0.2) is 30.9 Å². The smallest absolute Gasteiger partial charge is 0.251 e. The number of anilines is 1. The van der Waals surface area contributed by atoms with Crippen molar-refractivity contribution in [3.05, 3.63) is 42.0 Å². The molecule has 1 heterocycles. The van der Waals surface area contributed by atoms with Gasteiger partial charge in [-0.3, -0.25) is 14.5 Å². The lowest BCUT2D eigenvalue weighted by Gasteiger charge is -2.29. The second-order valence-corrected chi connectivity index (χ2v) is 5.72. The van der Waals surface area contributed by atoms with Gasteiger partial charge in [0.25, 0.3) is 5.91 Å². The lowest BCUT2D eigenvalue weighted by molar-refractivity contribution is -0.118. The minimum Gasteiger partial charge on any atom is -0.297 e. The Hall–Kier alpha value is -1.55. The van der Waals surface area contributed by atoms with Crippen LogP contribution < -0.4 is 4.90 Å². The zero-order valence-electron chi connectivity index (χ0n) is 11.2. The van der Waals surface area contributed by atoms with Gasteiger partial charge in [0.1, 0.15) is 6.04 Å². The van der Waals surface area contributed by atoms with Crippen molar-refractivity contribution in [2.75, 3.05) is 10.7 Å². The number of aryl methyl sites for hydroxylation is 2. The van der Waals surface area contributed by atoms with E-state index >= 15 is 0 Å². The predicted octanol–water partition coefficient (Wildman–Crippen LogP) is 2.85. The molecule has 19 heavy (non-hydrogen) atoms. The summed E-state index contributed by atoms with van der Waals surface area (Å²) >= 11 is 1.30. The molecule has 4 heteroatoms. The molecule has 0 N–H and O–H groups in total. The number of rotatable bonds is 3. The lowest BCUT2D eigenvalue weighted by Crippen LogP contribution is -2.42. The molecule has 1 aromatic carbocycles. The van der Waals surface area contributed by atoms with Crippen molar-refractivity contribution in [3.8, 4) is 0 Å². The van der Waals surface area contributed by atoms with E-state index in [0.29, 0.717) is 6.42 Å². The van der Waals surface area contributed by atoms with Crippen LogP contribution in [-0.4, -0.2) is 22.8 Å². The third kappa shape index (κ3) is 2.59. The molecule has 1 atom stereocenters. The van der Waals surface area contributed by atoms with Crippen molar-refractivity contribution in [1.82, 2.24) is 0 Å². The quantitative estimate of drug-likeness (QED) is 0.796. The maximum atomic E-state index is 12.2. The summed E-state index contributed by atoms with van der Waals surface area (Å²) in [6.45, 7) is 7.47. The number of thioether (sulfide) groups is 1. The van der Waals surface area contributed by atoms with Gasteiger partial charge in [0.2, 0.25) is 5.12 Å². The molecule has 1 aliphatic heterocycles. The summed E-state index contributed by atoms with van der Waals surface area (Å²) in [7, 11) is 0. The Morgan fingerprint density at radius 3 is 2.53 bits per heavy atom. The highest BCUT2D eigenvalue weighted by Crippen LogP contribution is 2.32.